The highest BCUT2D eigenvalue weighted by molar-refractivity contribution is 7.99. The Labute approximate surface area is 145 Å². The molecule has 24 heavy (non-hydrogen) atoms. The van der Waals surface area contributed by atoms with Crippen molar-refractivity contribution >= 4 is 23.7 Å². The molecule has 7 heteroatoms. The number of pyridine rings is 1. The Bertz CT molecular complexity index is 767. The van der Waals surface area contributed by atoms with Crippen LogP contribution in [0.1, 0.15) is 42.7 Å². The van der Waals surface area contributed by atoms with E-state index in [1.54, 1.807) is 13.8 Å². The monoisotopic (exact) mass is 344 g/mol. The van der Waals surface area contributed by atoms with E-state index in [4.69, 9.17) is 0 Å². The molecule has 0 spiro atoms. The second-order valence-corrected chi connectivity index (χ2v) is 7.75. The molecule has 1 fully saturated rings. The molecule has 2 heterocycles. The van der Waals surface area contributed by atoms with Gasteiger partial charge in [-0.05, 0) is 51.2 Å². The van der Waals surface area contributed by atoms with Gasteiger partial charge < -0.3 is 5.32 Å². The quantitative estimate of drug-likeness (QED) is 0.668. The molecular formula is C17H20N4O2S. The highest BCUT2D eigenvalue weighted by Gasteiger charge is 2.43. The molecule has 0 radical (unpaired) electrons. The van der Waals surface area contributed by atoms with E-state index in [0.717, 1.165) is 30.5 Å². The van der Waals surface area contributed by atoms with Gasteiger partial charge in [0.15, 0.2) is 0 Å². The number of carbonyl (C=O) groups excluding carboxylic acids is 2. The zero-order valence-electron chi connectivity index (χ0n) is 14.1. The molecule has 3 rings (SSSR count). The van der Waals surface area contributed by atoms with Gasteiger partial charge in [-0.1, -0.05) is 0 Å². The number of nitrogens with zero attached hydrogens (tertiary/aromatic N) is 3. The Morgan fingerprint density at radius 1 is 1.38 bits per heavy atom. The van der Waals surface area contributed by atoms with Crippen molar-refractivity contribution in [1.82, 2.24) is 15.2 Å². The molecule has 0 atom stereocenters. The number of hydrogen-bond donors (Lipinski definition) is 1. The summed E-state index contributed by atoms with van der Waals surface area (Å²) in [5, 5.41) is 12.8. The smallest absolute Gasteiger partial charge is 0.324 e. The van der Waals surface area contributed by atoms with Gasteiger partial charge in [-0.25, -0.2) is 9.78 Å². The summed E-state index contributed by atoms with van der Waals surface area (Å²) in [4.78, 5) is 30.0. The summed E-state index contributed by atoms with van der Waals surface area (Å²) in [5.41, 5.74) is 3.11. The van der Waals surface area contributed by atoms with E-state index in [0.29, 0.717) is 22.9 Å². The minimum Gasteiger partial charge on any atom is -0.324 e. The second kappa shape index (κ2) is 6.10. The Balaban J connectivity index is 1.72. The molecule has 1 aromatic heterocycles. The van der Waals surface area contributed by atoms with Crippen LogP contribution < -0.4 is 5.32 Å². The van der Waals surface area contributed by atoms with Gasteiger partial charge >= 0.3 is 6.03 Å². The summed E-state index contributed by atoms with van der Waals surface area (Å²) < 4.78 is 0. The van der Waals surface area contributed by atoms with E-state index in [1.807, 2.05) is 6.92 Å². The third-order valence-corrected chi connectivity index (χ3v) is 5.53. The van der Waals surface area contributed by atoms with Crippen LogP contribution in [-0.4, -0.2) is 39.7 Å². The number of aromatic nitrogens is 1. The predicted molar refractivity (Wildman–Crippen MR) is 90.8 cm³/mol. The van der Waals surface area contributed by atoms with Crippen LogP contribution in [0.5, 0.6) is 0 Å². The van der Waals surface area contributed by atoms with E-state index in [1.165, 1.54) is 22.2 Å². The maximum Gasteiger partial charge on any atom is 0.325 e. The van der Waals surface area contributed by atoms with Crippen LogP contribution in [0.3, 0.4) is 0 Å². The highest BCUT2D eigenvalue weighted by atomic mass is 32.2. The van der Waals surface area contributed by atoms with Gasteiger partial charge in [0, 0.05) is 18.0 Å². The van der Waals surface area contributed by atoms with Crippen LogP contribution in [-0.2, 0) is 17.6 Å². The topological polar surface area (TPSA) is 86.1 Å². The molecule has 2 aliphatic rings. The number of amides is 3. The summed E-state index contributed by atoms with van der Waals surface area (Å²) in [5.74, 6) is 0.307. The molecule has 0 saturated carbocycles. The molecule has 3 amide bonds. The maximum absolute atomic E-state index is 12.2. The number of urea groups is 1. The molecule has 0 unspecified atom stereocenters. The third-order valence-electron chi connectivity index (χ3n) is 4.58. The van der Waals surface area contributed by atoms with Gasteiger partial charge in [-0.3, -0.25) is 9.69 Å². The van der Waals surface area contributed by atoms with Crippen molar-refractivity contribution in [2.45, 2.75) is 50.6 Å². The first-order chi connectivity index (χ1) is 11.3. The summed E-state index contributed by atoms with van der Waals surface area (Å²) in [7, 11) is 0. The molecule has 0 aromatic carbocycles. The fourth-order valence-corrected chi connectivity index (χ4v) is 4.22. The number of thioether (sulfide) groups is 1. The second-order valence-electron chi connectivity index (χ2n) is 6.67. The molecule has 1 aliphatic heterocycles. The number of carbonyl (C=O) groups is 2. The standard InChI is InChI=1S/C17H20N4O2S/c1-10-11-5-4-6-13(11)19-14(12(10)9-18)24-8-7-21-15(22)17(2,3)20-16(21)23/h4-8H2,1-3H3,(H,20,23). The van der Waals surface area contributed by atoms with Crippen molar-refractivity contribution in [3.05, 3.63) is 22.4 Å². The lowest BCUT2D eigenvalue weighted by Gasteiger charge is -2.16. The number of imide groups is 1. The van der Waals surface area contributed by atoms with Crippen LogP contribution in [0.4, 0.5) is 4.79 Å². The molecule has 1 saturated heterocycles. The average Bonchev–Trinajstić information content (AvgIpc) is 3.05. The van der Waals surface area contributed by atoms with E-state index >= 15 is 0 Å². The first-order valence-electron chi connectivity index (χ1n) is 8.04. The molecule has 0 bridgehead atoms. The van der Waals surface area contributed by atoms with Gasteiger partial charge in [0.25, 0.3) is 5.91 Å². The zero-order valence-corrected chi connectivity index (χ0v) is 14.9. The molecule has 6 nitrogen and oxygen atoms in total. The minimum atomic E-state index is -0.845. The van der Waals surface area contributed by atoms with Gasteiger partial charge in [0.05, 0.1) is 5.56 Å². The summed E-state index contributed by atoms with van der Waals surface area (Å²) in [6, 6.07) is 1.90. The molecule has 1 aliphatic carbocycles. The van der Waals surface area contributed by atoms with Crippen LogP contribution in [0.2, 0.25) is 0 Å². The lowest BCUT2D eigenvalue weighted by atomic mass is 10.0. The first-order valence-corrected chi connectivity index (χ1v) is 9.03. The Hall–Kier alpha value is -2.07. The van der Waals surface area contributed by atoms with Crippen LogP contribution >= 0.6 is 11.8 Å². The van der Waals surface area contributed by atoms with Crippen molar-refractivity contribution in [3.8, 4) is 6.07 Å². The normalized spacial score (nSPS) is 18.5. The van der Waals surface area contributed by atoms with Crippen molar-refractivity contribution in [2.75, 3.05) is 12.3 Å². The summed E-state index contributed by atoms with van der Waals surface area (Å²) in [6.07, 6.45) is 3.03. The van der Waals surface area contributed by atoms with Crippen molar-refractivity contribution < 1.29 is 9.59 Å². The number of rotatable bonds is 4. The highest BCUT2D eigenvalue weighted by Crippen LogP contribution is 2.31. The lowest BCUT2D eigenvalue weighted by Crippen LogP contribution is -2.40. The van der Waals surface area contributed by atoms with Crippen LogP contribution in [0.25, 0.3) is 0 Å². The predicted octanol–water partition coefficient (Wildman–Crippen LogP) is 2.17. The largest absolute Gasteiger partial charge is 0.325 e. The first kappa shape index (κ1) is 16.8. The van der Waals surface area contributed by atoms with E-state index in [9.17, 15) is 14.9 Å². The number of nitriles is 1. The van der Waals surface area contributed by atoms with Gasteiger partial charge in [0.2, 0.25) is 0 Å². The molecule has 1 N–H and O–H groups in total. The minimum absolute atomic E-state index is 0.216. The van der Waals surface area contributed by atoms with E-state index < -0.39 is 5.54 Å². The summed E-state index contributed by atoms with van der Waals surface area (Å²) in [6.45, 7) is 5.68. The van der Waals surface area contributed by atoms with Crippen LogP contribution in [0, 0.1) is 18.3 Å². The van der Waals surface area contributed by atoms with Gasteiger partial charge in [0.1, 0.15) is 16.6 Å². The number of fused-ring (bicyclic) bond motifs is 1. The number of hydrogen-bond acceptors (Lipinski definition) is 5. The number of nitrogens with one attached hydrogen (secondary N) is 1. The van der Waals surface area contributed by atoms with Gasteiger partial charge in [-0.15, -0.1) is 11.8 Å². The van der Waals surface area contributed by atoms with E-state index in [2.05, 4.69) is 16.4 Å². The summed E-state index contributed by atoms with van der Waals surface area (Å²) >= 11 is 1.44. The Kier molecular flexibility index (Phi) is 4.26. The van der Waals surface area contributed by atoms with Crippen molar-refractivity contribution in [3.63, 3.8) is 0 Å². The fourth-order valence-electron chi connectivity index (χ4n) is 3.24. The van der Waals surface area contributed by atoms with Crippen molar-refractivity contribution in [1.29, 1.82) is 5.26 Å². The van der Waals surface area contributed by atoms with Gasteiger partial charge in [-0.2, -0.15) is 5.26 Å². The van der Waals surface area contributed by atoms with E-state index in [-0.39, 0.29) is 11.9 Å². The number of aryl methyl sites for hydroxylation is 1. The van der Waals surface area contributed by atoms with Crippen LogP contribution in [0.15, 0.2) is 5.03 Å². The Morgan fingerprint density at radius 2 is 2.12 bits per heavy atom. The molecule has 1 aromatic rings. The molecular weight excluding hydrogens is 324 g/mol. The third kappa shape index (κ3) is 2.75. The SMILES string of the molecule is Cc1c(C#N)c(SCCN2C(=O)NC(C)(C)C2=O)nc2c1CCC2. The van der Waals surface area contributed by atoms with Crippen molar-refractivity contribution in [2.24, 2.45) is 0 Å². The zero-order chi connectivity index (χ0) is 17.5. The molecule has 126 valence electrons. The fraction of sp³-hybridized carbons (Fsp3) is 0.529. The lowest BCUT2D eigenvalue weighted by molar-refractivity contribution is -0.130. The average molecular weight is 344 g/mol. The maximum atomic E-state index is 12.2. The Morgan fingerprint density at radius 3 is 2.75 bits per heavy atom.